The van der Waals surface area contributed by atoms with Crippen molar-refractivity contribution in [3.63, 3.8) is 0 Å². The van der Waals surface area contributed by atoms with Crippen molar-refractivity contribution in [2.75, 3.05) is 58.1 Å². The summed E-state index contributed by atoms with van der Waals surface area (Å²) in [6.45, 7) is 23.1. The molecule has 0 N–H and O–H groups in total. The van der Waals surface area contributed by atoms with Crippen molar-refractivity contribution in [1.29, 1.82) is 0 Å². The Hall–Kier alpha value is -1.74. The number of likely N-dealkylation sites (tertiary alicyclic amines) is 1. The molecule has 2 aliphatic heterocycles. The van der Waals surface area contributed by atoms with Gasteiger partial charge in [0.15, 0.2) is 0 Å². The van der Waals surface area contributed by atoms with Crippen molar-refractivity contribution in [2.45, 2.75) is 179 Å². The highest BCUT2D eigenvalue weighted by molar-refractivity contribution is 5.53. The Morgan fingerprint density at radius 3 is 2.13 bits per heavy atom. The van der Waals surface area contributed by atoms with Gasteiger partial charge in [0.1, 0.15) is 6.61 Å². The minimum atomic E-state index is -0.331. The van der Waals surface area contributed by atoms with Gasteiger partial charge >= 0.3 is 0 Å². The molecule has 5 fully saturated rings. The number of piperidine rings is 1. The molecule has 1 aromatic rings. The van der Waals surface area contributed by atoms with Crippen LogP contribution in [0.4, 0.5) is 5.69 Å². The van der Waals surface area contributed by atoms with Gasteiger partial charge in [-0.25, -0.2) is 0 Å². The Kier molecular flexibility index (Phi) is 14.1. The summed E-state index contributed by atoms with van der Waals surface area (Å²) in [5.74, 6) is 7.30. The van der Waals surface area contributed by atoms with E-state index in [0.717, 1.165) is 89.6 Å². The van der Waals surface area contributed by atoms with E-state index in [1.165, 1.54) is 5.69 Å². The molecular weight excluding hydrogens is 681 g/mol. The van der Waals surface area contributed by atoms with Gasteiger partial charge in [-0.05, 0) is 137 Å². The molecule has 9 heteroatoms. The lowest BCUT2D eigenvalue weighted by Gasteiger charge is -2.56. The molecule has 2 unspecified atom stereocenters. The van der Waals surface area contributed by atoms with Crippen molar-refractivity contribution in [3.8, 4) is 11.8 Å². The number of rotatable bonds is 17. The number of hydrogen-bond donors (Lipinski definition) is 0. The van der Waals surface area contributed by atoms with Crippen LogP contribution in [0.1, 0.15) is 119 Å². The molecule has 2 heterocycles. The Morgan fingerprint density at radius 1 is 0.759 bits per heavy atom. The van der Waals surface area contributed by atoms with Crippen LogP contribution in [0.2, 0.25) is 0 Å². The molecule has 0 amide bonds. The van der Waals surface area contributed by atoms with Crippen molar-refractivity contribution in [3.05, 3.63) is 29.8 Å². The zero-order chi connectivity index (χ0) is 38.5. The topological polar surface area (TPSA) is 71.1 Å². The predicted molar refractivity (Wildman–Crippen MR) is 214 cm³/mol. The summed E-state index contributed by atoms with van der Waals surface area (Å²) in [7, 11) is 1.79. The smallest absolute Gasteiger partial charge is 0.108 e. The normalized spacial score (nSPS) is 30.8. The van der Waals surface area contributed by atoms with Gasteiger partial charge in [-0.15, -0.1) is 0 Å². The summed E-state index contributed by atoms with van der Waals surface area (Å²) in [4.78, 5) is 5.02. The SMILES string of the molecule is COC1CC(OCC2CC(OCCOC3CN(C(C)(C)C)C3CC(C)(C)OCC#Cc3cccc(N4CCC(OC5CC(OC(C)(C)C)C5)CC4)c3)C2)C1. The molecule has 0 aromatic heterocycles. The first kappa shape index (κ1) is 41.9. The Labute approximate surface area is 327 Å². The molecule has 2 atom stereocenters. The Bertz CT molecular complexity index is 1370. The molecule has 6 rings (SSSR count). The van der Waals surface area contributed by atoms with E-state index in [2.05, 4.69) is 101 Å². The predicted octanol–water partition coefficient (Wildman–Crippen LogP) is 7.41. The van der Waals surface area contributed by atoms with Crippen LogP contribution >= 0.6 is 0 Å². The molecule has 2 saturated heterocycles. The standard InChI is InChI=1S/C45H72N2O7/c1-43(2,3)47-30-42(50-21-20-49-37-23-33(24-37)31-51-38-25-36(26-38)48-9)41(47)29-45(7,8)52-19-11-13-32-12-10-14-34(22-32)46-17-15-35(16-18-46)53-39-27-40(28-39)54-44(4,5)6/h10,12,14,22,33,35-42H,15-21,23-31H2,1-9H3. The molecule has 304 valence electrons. The van der Waals surface area contributed by atoms with E-state index >= 15 is 0 Å². The van der Waals surface area contributed by atoms with Crippen LogP contribution in [0.3, 0.4) is 0 Å². The maximum atomic E-state index is 6.43. The van der Waals surface area contributed by atoms with E-state index in [-0.39, 0.29) is 22.8 Å². The summed E-state index contributed by atoms with van der Waals surface area (Å²) in [5.41, 5.74) is 1.92. The average molecular weight is 753 g/mol. The molecule has 54 heavy (non-hydrogen) atoms. The van der Waals surface area contributed by atoms with Crippen LogP contribution in [0.25, 0.3) is 0 Å². The number of nitrogens with zero attached hydrogens (tertiary/aromatic N) is 2. The number of methoxy groups -OCH3 is 1. The molecule has 3 aliphatic carbocycles. The maximum absolute atomic E-state index is 6.43. The van der Waals surface area contributed by atoms with E-state index in [0.29, 0.717) is 68.4 Å². The number of ether oxygens (including phenoxy) is 7. The Balaban J connectivity index is 0.871. The maximum Gasteiger partial charge on any atom is 0.108 e. The molecule has 0 radical (unpaired) electrons. The van der Waals surface area contributed by atoms with Crippen molar-refractivity contribution >= 4 is 5.69 Å². The summed E-state index contributed by atoms with van der Waals surface area (Å²) in [6, 6.07) is 8.92. The largest absolute Gasteiger partial charge is 0.381 e. The van der Waals surface area contributed by atoms with Crippen LogP contribution in [0.15, 0.2) is 24.3 Å². The van der Waals surface area contributed by atoms with Gasteiger partial charge in [0, 0.05) is 56.2 Å². The van der Waals surface area contributed by atoms with Gasteiger partial charge in [0.05, 0.1) is 67.1 Å². The van der Waals surface area contributed by atoms with Crippen LogP contribution in [0, 0.1) is 17.8 Å². The van der Waals surface area contributed by atoms with E-state index in [4.69, 9.17) is 33.2 Å². The summed E-state index contributed by atoms with van der Waals surface area (Å²) >= 11 is 0. The summed E-state index contributed by atoms with van der Waals surface area (Å²) in [5, 5.41) is 0. The minimum absolute atomic E-state index is 0.0682. The van der Waals surface area contributed by atoms with Crippen LogP contribution in [-0.2, 0) is 33.2 Å². The van der Waals surface area contributed by atoms with E-state index in [9.17, 15) is 0 Å². The fraction of sp³-hybridized carbons (Fsp3) is 0.822. The molecular formula is C45H72N2O7. The highest BCUT2D eigenvalue weighted by Crippen LogP contribution is 2.37. The Morgan fingerprint density at radius 2 is 1.44 bits per heavy atom. The quantitative estimate of drug-likeness (QED) is 0.120. The third kappa shape index (κ3) is 12.1. The molecule has 3 saturated carbocycles. The van der Waals surface area contributed by atoms with Gasteiger partial charge < -0.3 is 38.1 Å². The van der Waals surface area contributed by atoms with Gasteiger partial charge in [-0.3, -0.25) is 4.90 Å². The van der Waals surface area contributed by atoms with Crippen molar-refractivity contribution in [2.24, 2.45) is 5.92 Å². The van der Waals surface area contributed by atoms with Crippen molar-refractivity contribution < 1.29 is 33.2 Å². The zero-order valence-electron chi connectivity index (χ0n) is 35.1. The third-order valence-electron chi connectivity index (χ3n) is 12.1. The lowest BCUT2D eigenvalue weighted by atomic mass is 9.82. The lowest BCUT2D eigenvalue weighted by molar-refractivity contribution is -0.171. The summed E-state index contributed by atoms with van der Waals surface area (Å²) in [6.07, 6.45) is 11.6. The van der Waals surface area contributed by atoms with E-state index < -0.39 is 0 Å². The van der Waals surface area contributed by atoms with Gasteiger partial charge in [-0.2, -0.15) is 0 Å². The number of anilines is 1. The second-order valence-corrected chi connectivity index (χ2v) is 19.3. The van der Waals surface area contributed by atoms with E-state index in [1.54, 1.807) is 7.11 Å². The summed E-state index contributed by atoms with van der Waals surface area (Å²) < 4.78 is 42.9. The van der Waals surface area contributed by atoms with Gasteiger partial charge in [0.2, 0.25) is 0 Å². The first-order valence-electron chi connectivity index (χ1n) is 21.1. The molecule has 0 spiro atoms. The van der Waals surface area contributed by atoms with Gasteiger partial charge in [0.25, 0.3) is 0 Å². The fourth-order valence-corrected chi connectivity index (χ4v) is 8.63. The van der Waals surface area contributed by atoms with Crippen LogP contribution in [-0.4, -0.2) is 124 Å². The molecule has 0 bridgehead atoms. The highest BCUT2D eigenvalue weighted by atomic mass is 16.5. The number of benzene rings is 1. The number of hydrogen-bond acceptors (Lipinski definition) is 9. The van der Waals surface area contributed by atoms with Crippen LogP contribution < -0.4 is 4.90 Å². The van der Waals surface area contributed by atoms with E-state index in [1.807, 2.05) is 0 Å². The monoisotopic (exact) mass is 753 g/mol. The van der Waals surface area contributed by atoms with Crippen LogP contribution in [0.5, 0.6) is 0 Å². The minimum Gasteiger partial charge on any atom is -0.381 e. The second-order valence-electron chi connectivity index (χ2n) is 19.3. The first-order valence-corrected chi connectivity index (χ1v) is 21.1. The highest BCUT2D eigenvalue weighted by Gasteiger charge is 2.47. The molecule has 5 aliphatic rings. The molecule has 1 aromatic carbocycles. The third-order valence-corrected chi connectivity index (χ3v) is 12.1. The molecule has 9 nitrogen and oxygen atoms in total. The second kappa shape index (κ2) is 18.2. The lowest BCUT2D eigenvalue weighted by Crippen LogP contribution is -2.68. The first-order chi connectivity index (χ1) is 25.6. The fourth-order valence-electron chi connectivity index (χ4n) is 8.63. The van der Waals surface area contributed by atoms with Crippen molar-refractivity contribution in [1.82, 2.24) is 4.90 Å². The average Bonchev–Trinajstić information content (AvgIpc) is 3.04. The zero-order valence-corrected chi connectivity index (χ0v) is 35.1. The van der Waals surface area contributed by atoms with Gasteiger partial charge in [-0.1, -0.05) is 17.9 Å².